The summed E-state index contributed by atoms with van der Waals surface area (Å²) in [6.45, 7) is 4.80. The van der Waals surface area contributed by atoms with Crippen molar-refractivity contribution in [2.24, 2.45) is 0 Å². The predicted octanol–water partition coefficient (Wildman–Crippen LogP) is 3.02. The standard InChI is InChI=1S/C14H21FN2O/c1-10(2)18-12-7-11(8-16-9-12)14(15)13-5-3-4-6-17-13/h7-10,13-14,17H,3-6H2,1-2H3. The van der Waals surface area contributed by atoms with Crippen LogP contribution in [-0.2, 0) is 0 Å². The van der Waals surface area contributed by atoms with Crippen LogP contribution in [0, 0.1) is 0 Å². The molecular formula is C14H21FN2O. The molecule has 1 N–H and O–H groups in total. The minimum atomic E-state index is -1.01. The summed E-state index contributed by atoms with van der Waals surface area (Å²) in [6, 6.07) is 1.67. The third kappa shape index (κ3) is 3.42. The van der Waals surface area contributed by atoms with Gasteiger partial charge in [-0.1, -0.05) is 6.42 Å². The fourth-order valence-electron chi connectivity index (χ4n) is 2.28. The van der Waals surface area contributed by atoms with Gasteiger partial charge in [-0.15, -0.1) is 0 Å². The lowest BCUT2D eigenvalue weighted by Crippen LogP contribution is -2.37. The lowest BCUT2D eigenvalue weighted by atomic mass is 9.97. The molecule has 18 heavy (non-hydrogen) atoms. The largest absolute Gasteiger partial charge is 0.489 e. The maximum Gasteiger partial charge on any atom is 0.142 e. The zero-order chi connectivity index (χ0) is 13.0. The molecule has 2 heterocycles. The van der Waals surface area contributed by atoms with Crippen LogP contribution in [0.5, 0.6) is 5.75 Å². The molecule has 1 aliphatic heterocycles. The molecular weight excluding hydrogens is 231 g/mol. The van der Waals surface area contributed by atoms with E-state index >= 15 is 0 Å². The minimum Gasteiger partial charge on any atom is -0.489 e. The molecule has 1 saturated heterocycles. The molecule has 0 aliphatic carbocycles. The van der Waals surface area contributed by atoms with E-state index in [1.807, 2.05) is 13.8 Å². The highest BCUT2D eigenvalue weighted by Gasteiger charge is 2.24. The zero-order valence-electron chi connectivity index (χ0n) is 11.0. The number of aromatic nitrogens is 1. The van der Waals surface area contributed by atoms with E-state index in [-0.39, 0.29) is 12.1 Å². The first kappa shape index (κ1) is 13.3. The summed E-state index contributed by atoms with van der Waals surface area (Å²) < 4.78 is 19.9. The van der Waals surface area contributed by atoms with E-state index in [9.17, 15) is 4.39 Å². The number of alkyl halides is 1. The van der Waals surface area contributed by atoms with Crippen LogP contribution < -0.4 is 10.1 Å². The number of halogens is 1. The molecule has 0 saturated carbocycles. The summed E-state index contributed by atoms with van der Waals surface area (Å²) in [7, 11) is 0. The quantitative estimate of drug-likeness (QED) is 0.894. The van der Waals surface area contributed by atoms with Crippen molar-refractivity contribution in [1.29, 1.82) is 0 Å². The van der Waals surface area contributed by atoms with Crippen molar-refractivity contribution in [3.8, 4) is 5.75 Å². The Labute approximate surface area is 108 Å². The smallest absolute Gasteiger partial charge is 0.142 e. The molecule has 0 spiro atoms. The van der Waals surface area contributed by atoms with Crippen LogP contribution in [-0.4, -0.2) is 23.7 Å². The van der Waals surface area contributed by atoms with Crippen molar-refractivity contribution in [2.75, 3.05) is 6.54 Å². The van der Waals surface area contributed by atoms with Gasteiger partial charge in [-0.05, 0) is 39.3 Å². The molecule has 1 fully saturated rings. The molecule has 2 atom stereocenters. The highest BCUT2D eigenvalue weighted by molar-refractivity contribution is 5.26. The molecule has 2 unspecified atom stereocenters. The van der Waals surface area contributed by atoms with Crippen LogP contribution in [0.15, 0.2) is 18.5 Å². The minimum absolute atomic E-state index is 0.0768. The summed E-state index contributed by atoms with van der Waals surface area (Å²) in [5.74, 6) is 0.640. The van der Waals surface area contributed by atoms with Crippen molar-refractivity contribution in [3.63, 3.8) is 0 Å². The van der Waals surface area contributed by atoms with E-state index in [1.165, 1.54) is 0 Å². The highest BCUT2D eigenvalue weighted by Crippen LogP contribution is 2.28. The first-order valence-electron chi connectivity index (χ1n) is 6.66. The molecule has 0 amide bonds. The second-order valence-electron chi connectivity index (χ2n) is 5.08. The Balaban J connectivity index is 2.06. The Kier molecular flexibility index (Phi) is 4.53. The topological polar surface area (TPSA) is 34.1 Å². The Bertz CT molecular complexity index is 378. The maximum atomic E-state index is 14.4. The number of hydrogen-bond donors (Lipinski definition) is 1. The predicted molar refractivity (Wildman–Crippen MR) is 69.5 cm³/mol. The molecule has 1 aliphatic rings. The molecule has 1 aromatic heterocycles. The molecule has 4 heteroatoms. The van der Waals surface area contributed by atoms with Gasteiger partial charge in [0.05, 0.1) is 12.3 Å². The van der Waals surface area contributed by atoms with Gasteiger partial charge in [-0.25, -0.2) is 4.39 Å². The fourth-order valence-corrected chi connectivity index (χ4v) is 2.28. The highest BCUT2D eigenvalue weighted by atomic mass is 19.1. The van der Waals surface area contributed by atoms with E-state index in [1.54, 1.807) is 18.5 Å². The van der Waals surface area contributed by atoms with Gasteiger partial charge in [-0.2, -0.15) is 0 Å². The van der Waals surface area contributed by atoms with Crippen molar-refractivity contribution in [1.82, 2.24) is 10.3 Å². The molecule has 0 radical (unpaired) electrons. The molecule has 3 nitrogen and oxygen atoms in total. The van der Waals surface area contributed by atoms with E-state index in [0.717, 1.165) is 25.8 Å². The number of hydrogen-bond acceptors (Lipinski definition) is 3. The van der Waals surface area contributed by atoms with E-state index in [0.29, 0.717) is 11.3 Å². The molecule has 1 aromatic rings. The number of nitrogens with zero attached hydrogens (tertiary/aromatic N) is 1. The van der Waals surface area contributed by atoms with Gasteiger partial charge in [-0.3, -0.25) is 4.98 Å². The lowest BCUT2D eigenvalue weighted by molar-refractivity contribution is 0.217. The van der Waals surface area contributed by atoms with Gasteiger partial charge in [0.25, 0.3) is 0 Å². The fraction of sp³-hybridized carbons (Fsp3) is 0.643. The van der Waals surface area contributed by atoms with Crippen molar-refractivity contribution >= 4 is 0 Å². The number of ether oxygens (including phenoxy) is 1. The number of nitrogens with one attached hydrogen (secondary N) is 1. The summed E-state index contributed by atoms with van der Waals surface area (Å²) in [6.07, 6.45) is 5.40. The third-order valence-corrected chi connectivity index (χ3v) is 3.13. The Hall–Kier alpha value is -1.16. The van der Waals surface area contributed by atoms with Crippen molar-refractivity contribution < 1.29 is 9.13 Å². The van der Waals surface area contributed by atoms with E-state index in [2.05, 4.69) is 10.3 Å². The normalized spacial score (nSPS) is 21.9. The molecule has 2 rings (SSSR count). The summed E-state index contributed by atoms with van der Waals surface area (Å²) in [5, 5.41) is 3.23. The van der Waals surface area contributed by atoms with Crippen molar-refractivity contribution in [2.45, 2.75) is 51.4 Å². The average molecular weight is 252 g/mol. The van der Waals surface area contributed by atoms with Gasteiger partial charge >= 0.3 is 0 Å². The van der Waals surface area contributed by atoms with Crippen LogP contribution in [0.25, 0.3) is 0 Å². The number of rotatable bonds is 4. The SMILES string of the molecule is CC(C)Oc1cncc(C(F)C2CCCCN2)c1. The summed E-state index contributed by atoms with van der Waals surface area (Å²) >= 11 is 0. The zero-order valence-corrected chi connectivity index (χ0v) is 11.0. The number of piperidine rings is 1. The van der Waals surface area contributed by atoms with Crippen LogP contribution in [0.2, 0.25) is 0 Å². The monoisotopic (exact) mass is 252 g/mol. The lowest BCUT2D eigenvalue weighted by Gasteiger charge is -2.26. The Morgan fingerprint density at radius 2 is 2.22 bits per heavy atom. The van der Waals surface area contributed by atoms with Crippen molar-refractivity contribution in [3.05, 3.63) is 24.0 Å². The van der Waals surface area contributed by atoms with Crippen LogP contribution in [0.3, 0.4) is 0 Å². The Morgan fingerprint density at radius 3 is 2.89 bits per heavy atom. The van der Waals surface area contributed by atoms with Gasteiger partial charge in [0, 0.05) is 17.8 Å². The summed E-state index contributed by atoms with van der Waals surface area (Å²) in [5.41, 5.74) is 0.604. The van der Waals surface area contributed by atoms with Gasteiger partial charge in [0.1, 0.15) is 11.9 Å². The van der Waals surface area contributed by atoms with Crippen LogP contribution in [0.1, 0.15) is 44.8 Å². The van der Waals surface area contributed by atoms with E-state index < -0.39 is 6.17 Å². The second kappa shape index (κ2) is 6.14. The van der Waals surface area contributed by atoms with Gasteiger partial charge in [0.15, 0.2) is 0 Å². The third-order valence-electron chi connectivity index (χ3n) is 3.13. The Morgan fingerprint density at radius 1 is 1.39 bits per heavy atom. The molecule has 0 bridgehead atoms. The molecule has 0 aromatic carbocycles. The van der Waals surface area contributed by atoms with Crippen LogP contribution in [0.4, 0.5) is 4.39 Å². The van der Waals surface area contributed by atoms with E-state index in [4.69, 9.17) is 4.74 Å². The first-order valence-corrected chi connectivity index (χ1v) is 6.66. The maximum absolute atomic E-state index is 14.4. The molecule has 100 valence electrons. The van der Waals surface area contributed by atoms with Gasteiger partial charge < -0.3 is 10.1 Å². The second-order valence-corrected chi connectivity index (χ2v) is 5.08. The average Bonchev–Trinajstić information content (AvgIpc) is 2.38. The summed E-state index contributed by atoms with van der Waals surface area (Å²) in [4.78, 5) is 4.06. The van der Waals surface area contributed by atoms with Gasteiger partial charge in [0.2, 0.25) is 0 Å². The first-order chi connectivity index (χ1) is 8.66. The number of pyridine rings is 1. The van der Waals surface area contributed by atoms with Crippen LogP contribution >= 0.6 is 0 Å².